The molecular formula is C54H32BNO3. The number of aromatic nitrogens is 1. The number of furan rings is 1. The highest BCUT2D eigenvalue weighted by Crippen LogP contribution is 2.45. The van der Waals surface area contributed by atoms with Crippen molar-refractivity contribution in [1.82, 2.24) is 4.57 Å². The van der Waals surface area contributed by atoms with Gasteiger partial charge in [0, 0.05) is 43.7 Å². The molecule has 274 valence electrons. The smallest absolute Gasteiger partial charge is 0.434 e. The summed E-state index contributed by atoms with van der Waals surface area (Å²) in [7, 11) is 0. The molecule has 2 aromatic heterocycles. The number of ether oxygens (including phenoxy) is 1. The molecule has 4 heterocycles. The molecule has 2 aliphatic rings. The van der Waals surface area contributed by atoms with Crippen molar-refractivity contribution < 1.29 is 13.8 Å². The van der Waals surface area contributed by atoms with Crippen molar-refractivity contribution in [3.8, 4) is 67.4 Å². The summed E-state index contributed by atoms with van der Waals surface area (Å²) in [5.41, 5.74) is 16.2. The summed E-state index contributed by atoms with van der Waals surface area (Å²) in [6, 6.07) is 68.9. The highest BCUT2D eigenvalue weighted by Gasteiger charge is 2.41. The predicted octanol–water partition coefficient (Wildman–Crippen LogP) is 13.0. The quantitative estimate of drug-likeness (QED) is 0.168. The fraction of sp³-hybridized carbons (Fsp3) is 0. The van der Waals surface area contributed by atoms with Gasteiger partial charge in [-0.1, -0.05) is 127 Å². The van der Waals surface area contributed by atoms with E-state index < -0.39 is 0 Å². The van der Waals surface area contributed by atoms with Gasteiger partial charge in [0.05, 0.1) is 11.0 Å². The average molecular weight is 754 g/mol. The van der Waals surface area contributed by atoms with E-state index in [-0.39, 0.29) is 6.92 Å². The van der Waals surface area contributed by atoms with Crippen molar-refractivity contribution in [2.24, 2.45) is 0 Å². The van der Waals surface area contributed by atoms with E-state index in [1.54, 1.807) is 0 Å². The molecule has 0 N–H and O–H groups in total. The van der Waals surface area contributed by atoms with Crippen LogP contribution in [-0.2, 0) is 0 Å². The molecule has 5 heteroatoms. The van der Waals surface area contributed by atoms with Gasteiger partial charge in [-0.2, -0.15) is 0 Å². The number of hydrogen-bond donors (Lipinski definition) is 0. The van der Waals surface area contributed by atoms with Crippen LogP contribution in [0.2, 0.25) is 0 Å². The number of nitrogens with zero attached hydrogens (tertiary/aromatic N) is 1. The topological polar surface area (TPSA) is 36.5 Å². The first kappa shape index (κ1) is 32.3. The first-order valence-corrected chi connectivity index (χ1v) is 20.1. The number of para-hydroxylation sites is 4. The molecule has 11 aromatic rings. The van der Waals surface area contributed by atoms with Crippen LogP contribution in [0.15, 0.2) is 199 Å². The van der Waals surface area contributed by atoms with E-state index in [0.29, 0.717) is 0 Å². The fourth-order valence-electron chi connectivity index (χ4n) is 9.60. The summed E-state index contributed by atoms with van der Waals surface area (Å²) in [4.78, 5) is 0. The molecule has 0 amide bonds. The monoisotopic (exact) mass is 753 g/mol. The zero-order chi connectivity index (χ0) is 38.6. The van der Waals surface area contributed by atoms with Crippen LogP contribution in [-0.4, -0.2) is 11.5 Å². The van der Waals surface area contributed by atoms with Gasteiger partial charge in [-0.25, -0.2) is 0 Å². The maximum absolute atomic E-state index is 7.06. The van der Waals surface area contributed by atoms with Crippen LogP contribution in [0.4, 0.5) is 0 Å². The highest BCUT2D eigenvalue weighted by molar-refractivity contribution is 6.84. The fourth-order valence-corrected chi connectivity index (χ4v) is 9.60. The minimum Gasteiger partial charge on any atom is -0.551 e. The van der Waals surface area contributed by atoms with Crippen LogP contribution in [0.3, 0.4) is 0 Å². The van der Waals surface area contributed by atoms with Gasteiger partial charge in [0.25, 0.3) is 0 Å². The Morgan fingerprint density at radius 3 is 1.86 bits per heavy atom. The van der Waals surface area contributed by atoms with Gasteiger partial charge in [0.15, 0.2) is 0 Å². The second kappa shape index (κ2) is 12.4. The van der Waals surface area contributed by atoms with E-state index in [1.807, 2.05) is 24.3 Å². The van der Waals surface area contributed by atoms with Gasteiger partial charge in [-0.15, -0.1) is 0 Å². The molecule has 0 spiro atoms. The molecule has 0 radical (unpaired) electrons. The van der Waals surface area contributed by atoms with Crippen LogP contribution in [0.1, 0.15) is 0 Å². The van der Waals surface area contributed by atoms with Crippen LogP contribution in [0.5, 0.6) is 17.2 Å². The summed E-state index contributed by atoms with van der Waals surface area (Å²) >= 11 is 0. The van der Waals surface area contributed by atoms with E-state index in [1.165, 1.54) is 21.8 Å². The molecule has 4 nitrogen and oxygen atoms in total. The number of hydrogen-bond acceptors (Lipinski definition) is 3. The van der Waals surface area contributed by atoms with Crippen molar-refractivity contribution in [2.75, 3.05) is 0 Å². The maximum atomic E-state index is 7.06. The molecule has 0 aliphatic carbocycles. The highest BCUT2D eigenvalue weighted by atomic mass is 16.5. The Balaban J connectivity index is 0.957. The molecule has 59 heavy (non-hydrogen) atoms. The Morgan fingerprint density at radius 2 is 1.03 bits per heavy atom. The Morgan fingerprint density at radius 1 is 0.373 bits per heavy atom. The lowest BCUT2D eigenvalue weighted by atomic mass is 9.50. The third-order valence-electron chi connectivity index (χ3n) is 12.3. The van der Waals surface area contributed by atoms with Gasteiger partial charge in [0.1, 0.15) is 28.4 Å². The first-order chi connectivity index (χ1) is 29.2. The average Bonchev–Trinajstić information content (AvgIpc) is 3.84. The number of rotatable bonds is 4. The van der Waals surface area contributed by atoms with Crippen LogP contribution < -0.4 is 20.3 Å². The standard InChI is InChI=1S/C54H32BNO3/c1-2-15-39(38(14-1)34-24-26-43-42-18-5-9-22-49(42)57-51(43)30-34)35-25-27-44-45-29-36(32-53-54(45)55(59-52(44)31-35)46-19-6-10-23-50(46)58-53)33-12-11-13-37(28-33)56-47-20-7-3-16-40(47)41-17-4-8-21-48(41)56/h1-32H. The molecule has 0 saturated carbocycles. The summed E-state index contributed by atoms with van der Waals surface area (Å²) in [5, 5.41) is 4.74. The third-order valence-corrected chi connectivity index (χ3v) is 12.3. The molecule has 0 atom stereocenters. The lowest BCUT2D eigenvalue weighted by Crippen LogP contribution is -2.53. The SMILES string of the molecule is c1cc(-c2cc3c4c(c2)-c2ccc(-c5ccccc5-c5ccc6c(c5)oc5ccccc56)cc2OB4c2ccccc2O3)cc(-n2c3ccccc3c3ccccc32)c1. The first-order valence-electron chi connectivity index (χ1n) is 20.1. The normalized spacial score (nSPS) is 12.6. The zero-order valence-electron chi connectivity index (χ0n) is 31.7. The van der Waals surface area contributed by atoms with Gasteiger partial charge in [-0.3, -0.25) is 0 Å². The molecule has 2 aliphatic heterocycles. The van der Waals surface area contributed by atoms with E-state index in [0.717, 1.165) is 100 Å². The summed E-state index contributed by atoms with van der Waals surface area (Å²) in [5.74, 6) is 2.49. The predicted molar refractivity (Wildman–Crippen MR) is 242 cm³/mol. The van der Waals surface area contributed by atoms with E-state index in [4.69, 9.17) is 13.8 Å². The molecule has 0 saturated heterocycles. The molecular weight excluding hydrogens is 721 g/mol. The van der Waals surface area contributed by atoms with Crippen molar-refractivity contribution >= 4 is 61.6 Å². The summed E-state index contributed by atoms with van der Waals surface area (Å²) in [6.45, 7) is -0.309. The second-order valence-electron chi connectivity index (χ2n) is 15.6. The lowest BCUT2D eigenvalue weighted by Gasteiger charge is -2.33. The van der Waals surface area contributed by atoms with Crippen LogP contribution in [0, 0.1) is 0 Å². The maximum Gasteiger partial charge on any atom is 0.434 e. The largest absolute Gasteiger partial charge is 0.551 e. The van der Waals surface area contributed by atoms with Gasteiger partial charge >= 0.3 is 6.92 Å². The van der Waals surface area contributed by atoms with E-state index in [2.05, 4.69) is 174 Å². The minimum atomic E-state index is -0.309. The second-order valence-corrected chi connectivity index (χ2v) is 15.6. The Kier molecular flexibility index (Phi) is 6.78. The molecule has 0 fully saturated rings. The Bertz CT molecular complexity index is 3490. The lowest BCUT2D eigenvalue weighted by molar-refractivity contribution is 0.479. The van der Waals surface area contributed by atoms with Gasteiger partial charge in [0.2, 0.25) is 0 Å². The van der Waals surface area contributed by atoms with Crippen molar-refractivity contribution in [3.05, 3.63) is 194 Å². The minimum absolute atomic E-state index is 0.309. The molecule has 0 bridgehead atoms. The third kappa shape index (κ3) is 4.85. The number of benzene rings is 9. The van der Waals surface area contributed by atoms with Gasteiger partial charge < -0.3 is 18.4 Å². The van der Waals surface area contributed by atoms with Crippen molar-refractivity contribution in [3.63, 3.8) is 0 Å². The van der Waals surface area contributed by atoms with Crippen molar-refractivity contribution in [1.29, 1.82) is 0 Å². The van der Waals surface area contributed by atoms with Crippen LogP contribution >= 0.6 is 0 Å². The Hall–Kier alpha value is -7.76. The molecule has 9 aromatic carbocycles. The van der Waals surface area contributed by atoms with Crippen LogP contribution in [0.25, 0.3) is 93.9 Å². The Labute approximate surface area is 340 Å². The molecule has 0 unspecified atom stereocenters. The number of fused-ring (bicyclic) bond motifs is 10. The van der Waals surface area contributed by atoms with Crippen molar-refractivity contribution in [2.45, 2.75) is 0 Å². The van der Waals surface area contributed by atoms with E-state index in [9.17, 15) is 0 Å². The van der Waals surface area contributed by atoms with E-state index >= 15 is 0 Å². The zero-order valence-corrected chi connectivity index (χ0v) is 31.7. The summed E-state index contributed by atoms with van der Waals surface area (Å²) < 4.78 is 22.5. The van der Waals surface area contributed by atoms with Gasteiger partial charge in [-0.05, 0) is 106 Å². The molecule has 13 rings (SSSR count). The summed E-state index contributed by atoms with van der Waals surface area (Å²) in [6.07, 6.45) is 0.